The van der Waals surface area contributed by atoms with E-state index in [-0.39, 0.29) is 25.6 Å². The van der Waals surface area contributed by atoms with Crippen LogP contribution in [0.5, 0.6) is 11.5 Å². The normalized spacial score (nSPS) is 11.5. The first kappa shape index (κ1) is 38.7. The number of rotatable bonds is 16. The summed E-state index contributed by atoms with van der Waals surface area (Å²) in [7, 11) is 0. The number of nitrogen functional groups attached to an aromatic ring is 1. The quantitative estimate of drug-likeness (QED) is 0.0313. The van der Waals surface area contributed by atoms with Gasteiger partial charge in [-0.1, -0.05) is 48.5 Å². The van der Waals surface area contributed by atoms with Crippen molar-refractivity contribution < 1.29 is 38.1 Å². The lowest BCUT2D eigenvalue weighted by Gasteiger charge is -2.20. The topological polar surface area (TPSA) is 191 Å². The van der Waals surface area contributed by atoms with Crippen molar-refractivity contribution in [2.75, 3.05) is 19.7 Å². The number of amides is 3. The van der Waals surface area contributed by atoms with Crippen LogP contribution in [0.2, 0.25) is 0 Å². The van der Waals surface area contributed by atoms with Crippen LogP contribution in [0.4, 0.5) is 9.59 Å². The van der Waals surface area contributed by atoms with Gasteiger partial charge in [-0.15, -0.1) is 0 Å². The largest absolute Gasteiger partial charge is 0.492 e. The first-order chi connectivity index (χ1) is 24.9. The zero-order valence-electron chi connectivity index (χ0n) is 29.5. The molecule has 0 aliphatic rings. The molecule has 6 N–H and O–H groups in total. The van der Waals surface area contributed by atoms with Crippen LogP contribution in [0.3, 0.4) is 0 Å². The lowest BCUT2D eigenvalue weighted by molar-refractivity contribution is -0.123. The van der Waals surface area contributed by atoms with E-state index in [4.69, 9.17) is 30.1 Å². The van der Waals surface area contributed by atoms with Gasteiger partial charge < -0.3 is 40.6 Å². The minimum atomic E-state index is -0.879. The Kier molecular flexibility index (Phi) is 14.0. The van der Waals surface area contributed by atoms with Gasteiger partial charge in [0.15, 0.2) is 0 Å². The summed E-state index contributed by atoms with van der Waals surface area (Å²) in [6, 6.07) is 25.3. The van der Waals surface area contributed by atoms with Crippen molar-refractivity contribution in [3.05, 3.63) is 108 Å². The highest BCUT2D eigenvalue weighted by atomic mass is 16.6. The number of fused-ring (bicyclic) bond motifs is 1. The van der Waals surface area contributed by atoms with Crippen molar-refractivity contribution in [1.82, 2.24) is 16.0 Å². The molecule has 0 aromatic heterocycles. The van der Waals surface area contributed by atoms with Gasteiger partial charge in [-0.3, -0.25) is 10.2 Å². The summed E-state index contributed by atoms with van der Waals surface area (Å²) in [6.45, 7) is 6.01. The lowest BCUT2D eigenvalue weighted by Crippen LogP contribution is -2.47. The molecule has 0 heterocycles. The fourth-order valence-electron chi connectivity index (χ4n) is 4.93. The Morgan fingerprint density at radius 3 is 2.15 bits per heavy atom. The smallest absolute Gasteiger partial charge is 0.408 e. The van der Waals surface area contributed by atoms with Crippen LogP contribution in [-0.4, -0.2) is 61.2 Å². The van der Waals surface area contributed by atoms with E-state index in [0.717, 1.165) is 16.3 Å². The molecule has 0 aliphatic carbocycles. The van der Waals surface area contributed by atoms with E-state index in [9.17, 15) is 19.2 Å². The van der Waals surface area contributed by atoms with Gasteiger partial charge in [0.25, 0.3) is 0 Å². The third-order valence-corrected chi connectivity index (χ3v) is 7.50. The molecule has 0 bridgehead atoms. The van der Waals surface area contributed by atoms with E-state index in [2.05, 4.69) is 16.0 Å². The van der Waals surface area contributed by atoms with Gasteiger partial charge in [-0.2, -0.15) is 0 Å². The van der Waals surface area contributed by atoms with Gasteiger partial charge >= 0.3 is 18.2 Å². The second kappa shape index (κ2) is 18.8. The highest BCUT2D eigenvalue weighted by molar-refractivity contribution is 5.99. The van der Waals surface area contributed by atoms with Gasteiger partial charge in [0.1, 0.15) is 42.2 Å². The number of benzene rings is 4. The Hall–Kier alpha value is -6.11. The number of unbranched alkanes of at least 4 members (excludes halogenated alkanes) is 1. The minimum Gasteiger partial charge on any atom is -0.492 e. The molecule has 3 amide bonds. The fourth-order valence-corrected chi connectivity index (χ4v) is 4.93. The molecule has 0 spiro atoms. The standard InChI is InChI=1S/C39H45N5O8/c1-39(2,3)52-37(47)43-20-8-7-11-33(44-38(48)50-25-26-9-5-4-6-10-26)35(45)42-21-22-49-31-17-14-27(15-18-31)36(46)51-32-19-16-28-23-30(34(40)41)13-12-29(28)24-32/h4-6,9-10,12-19,23-24,33H,7-8,11,20-22,25H2,1-3H3,(H3,40,41)(H,42,45)(H,43,47)(H,44,48)/t33-/m0/s1. The summed E-state index contributed by atoms with van der Waals surface area (Å²) < 4.78 is 21.8. The summed E-state index contributed by atoms with van der Waals surface area (Å²) in [5.74, 6) is -0.121. The highest BCUT2D eigenvalue weighted by Gasteiger charge is 2.22. The lowest BCUT2D eigenvalue weighted by atomic mass is 10.1. The van der Waals surface area contributed by atoms with Crippen molar-refractivity contribution in [2.45, 2.75) is 58.3 Å². The third kappa shape index (κ3) is 13.0. The van der Waals surface area contributed by atoms with E-state index < -0.39 is 35.7 Å². The number of hydrogen-bond acceptors (Lipinski definition) is 9. The van der Waals surface area contributed by atoms with Crippen LogP contribution < -0.4 is 31.2 Å². The fraction of sp³-hybridized carbons (Fsp3) is 0.308. The van der Waals surface area contributed by atoms with Crippen LogP contribution in [-0.2, 0) is 20.9 Å². The number of ether oxygens (including phenoxy) is 4. The maximum Gasteiger partial charge on any atom is 0.408 e. The van der Waals surface area contributed by atoms with Crippen molar-refractivity contribution in [2.24, 2.45) is 5.73 Å². The Morgan fingerprint density at radius 2 is 1.44 bits per heavy atom. The molecule has 4 aromatic carbocycles. The molecule has 13 nitrogen and oxygen atoms in total. The molecule has 0 saturated carbocycles. The summed E-state index contributed by atoms with van der Waals surface area (Å²) in [5, 5.41) is 17.4. The van der Waals surface area contributed by atoms with Gasteiger partial charge in [-0.25, -0.2) is 14.4 Å². The van der Waals surface area contributed by atoms with Gasteiger partial charge in [-0.05, 0) is 98.8 Å². The Balaban J connectivity index is 1.23. The molecule has 0 aliphatic heterocycles. The monoisotopic (exact) mass is 711 g/mol. The molecule has 0 fully saturated rings. The van der Waals surface area contributed by atoms with E-state index in [1.54, 1.807) is 75.4 Å². The van der Waals surface area contributed by atoms with Gasteiger partial charge in [0, 0.05) is 12.1 Å². The molecule has 13 heteroatoms. The molecule has 0 unspecified atom stereocenters. The van der Waals surface area contributed by atoms with Crippen LogP contribution in [0, 0.1) is 5.41 Å². The molecule has 1 atom stereocenters. The maximum atomic E-state index is 13.1. The third-order valence-electron chi connectivity index (χ3n) is 7.50. The maximum absolute atomic E-state index is 13.1. The Labute approximate surface area is 302 Å². The highest BCUT2D eigenvalue weighted by Crippen LogP contribution is 2.23. The first-order valence-electron chi connectivity index (χ1n) is 16.9. The van der Waals surface area contributed by atoms with E-state index in [0.29, 0.717) is 48.4 Å². The molecule has 4 aromatic rings. The number of nitrogens with one attached hydrogen (secondary N) is 4. The van der Waals surface area contributed by atoms with Crippen molar-refractivity contribution in [3.63, 3.8) is 0 Å². The van der Waals surface area contributed by atoms with Gasteiger partial charge in [0.2, 0.25) is 5.91 Å². The predicted octanol–water partition coefficient (Wildman–Crippen LogP) is 5.83. The number of esters is 1. The molecular formula is C39H45N5O8. The van der Waals surface area contributed by atoms with Crippen LogP contribution in [0.25, 0.3) is 10.8 Å². The number of carbonyl (C=O) groups is 4. The minimum absolute atomic E-state index is 0.0240. The Morgan fingerprint density at radius 1 is 0.769 bits per heavy atom. The second-order valence-electron chi connectivity index (χ2n) is 12.9. The number of amidine groups is 1. The SMILES string of the molecule is CC(C)(C)OC(=O)NCCCC[C@H](NC(=O)OCc1ccccc1)C(=O)NCCOc1ccc(C(=O)Oc2ccc3cc(C(=N)N)ccc3c2)cc1. The van der Waals surface area contributed by atoms with Crippen molar-refractivity contribution in [3.8, 4) is 11.5 Å². The summed E-state index contributed by atoms with van der Waals surface area (Å²) in [4.78, 5) is 50.3. The average Bonchev–Trinajstić information content (AvgIpc) is 3.11. The summed E-state index contributed by atoms with van der Waals surface area (Å²) in [6.07, 6.45) is 0.143. The molecular weight excluding hydrogens is 666 g/mol. The van der Waals surface area contributed by atoms with E-state index in [1.807, 2.05) is 36.4 Å². The zero-order valence-corrected chi connectivity index (χ0v) is 29.5. The number of alkyl carbamates (subject to hydrolysis) is 2. The van der Waals surface area contributed by atoms with Crippen molar-refractivity contribution in [1.29, 1.82) is 5.41 Å². The number of nitrogens with two attached hydrogens (primary N) is 1. The van der Waals surface area contributed by atoms with E-state index >= 15 is 0 Å². The number of carbonyl (C=O) groups excluding carboxylic acids is 4. The second-order valence-corrected chi connectivity index (χ2v) is 12.9. The van der Waals surface area contributed by atoms with Crippen molar-refractivity contribution >= 4 is 40.7 Å². The number of hydrogen-bond donors (Lipinski definition) is 5. The molecule has 52 heavy (non-hydrogen) atoms. The average molecular weight is 712 g/mol. The predicted molar refractivity (Wildman–Crippen MR) is 197 cm³/mol. The zero-order chi connectivity index (χ0) is 37.5. The Bertz CT molecular complexity index is 1840. The first-order valence-corrected chi connectivity index (χ1v) is 16.9. The molecule has 4 rings (SSSR count). The van der Waals surface area contributed by atoms with Crippen LogP contribution in [0.15, 0.2) is 91.0 Å². The molecule has 274 valence electrons. The van der Waals surface area contributed by atoms with E-state index in [1.165, 1.54) is 0 Å². The summed E-state index contributed by atoms with van der Waals surface area (Å²) >= 11 is 0. The summed E-state index contributed by atoms with van der Waals surface area (Å²) in [5.41, 5.74) is 6.70. The molecule has 0 radical (unpaired) electrons. The van der Waals surface area contributed by atoms with Crippen LogP contribution in [0.1, 0.15) is 61.5 Å². The van der Waals surface area contributed by atoms with Gasteiger partial charge in [0.05, 0.1) is 12.1 Å². The van der Waals surface area contributed by atoms with Crippen LogP contribution >= 0.6 is 0 Å². The molecule has 0 saturated heterocycles.